The third-order valence-corrected chi connectivity index (χ3v) is 3.26. The summed E-state index contributed by atoms with van der Waals surface area (Å²) < 4.78 is 0. The Bertz CT molecular complexity index is 323. The van der Waals surface area contributed by atoms with E-state index >= 15 is 0 Å². The molecule has 2 bridgehead atoms. The fourth-order valence-corrected chi connectivity index (χ4v) is 2.70. The molecule has 62 valence electrons. The molecule has 1 aromatic rings. The number of aliphatic hydroxyl groups is 1. The summed E-state index contributed by atoms with van der Waals surface area (Å²) in [6.07, 6.45) is 5.77. The molecule has 0 aliphatic heterocycles. The minimum atomic E-state index is -0.105. The number of nitrogens with zero attached hydrogens (tertiary/aromatic N) is 1. The van der Waals surface area contributed by atoms with Crippen molar-refractivity contribution in [2.45, 2.75) is 30.8 Å². The monoisotopic (exact) mass is 161 g/mol. The lowest BCUT2D eigenvalue weighted by Crippen LogP contribution is -2.15. The largest absolute Gasteiger partial charge is 0.392 e. The molecule has 2 heteroatoms. The maximum Gasteiger partial charge on any atom is 0.0615 e. The number of pyridine rings is 1. The van der Waals surface area contributed by atoms with Gasteiger partial charge in [0.15, 0.2) is 0 Å². The SMILES string of the molecule is O[C@@H]1C[C@H]2C[C@H]1c1cnccc12. The predicted molar refractivity (Wildman–Crippen MR) is 45.0 cm³/mol. The van der Waals surface area contributed by atoms with E-state index in [1.807, 2.05) is 12.4 Å². The number of aromatic nitrogens is 1. The van der Waals surface area contributed by atoms with Gasteiger partial charge in [0, 0.05) is 18.3 Å². The Kier molecular flexibility index (Phi) is 1.14. The van der Waals surface area contributed by atoms with Gasteiger partial charge in [0.2, 0.25) is 0 Å². The maximum atomic E-state index is 9.64. The van der Waals surface area contributed by atoms with Crippen LogP contribution in [0.25, 0.3) is 0 Å². The Balaban J connectivity index is 2.17. The Labute approximate surface area is 71.3 Å². The molecule has 12 heavy (non-hydrogen) atoms. The van der Waals surface area contributed by atoms with E-state index < -0.39 is 0 Å². The van der Waals surface area contributed by atoms with E-state index in [1.54, 1.807) is 0 Å². The fourth-order valence-electron chi connectivity index (χ4n) is 2.70. The summed E-state index contributed by atoms with van der Waals surface area (Å²) in [7, 11) is 0. The summed E-state index contributed by atoms with van der Waals surface area (Å²) in [5, 5.41) is 9.64. The quantitative estimate of drug-likeness (QED) is 0.624. The lowest BCUT2D eigenvalue weighted by atomic mass is 9.92. The standard InChI is InChI=1S/C10H11NO/c12-10-4-6-3-8(10)9-5-11-2-1-7(6)9/h1-2,5-6,8,10,12H,3-4H2/t6-,8+,10-/m1/s1. The summed E-state index contributed by atoms with van der Waals surface area (Å²) in [6, 6.07) is 2.10. The first kappa shape index (κ1) is 6.61. The van der Waals surface area contributed by atoms with Gasteiger partial charge in [0.1, 0.15) is 0 Å². The van der Waals surface area contributed by atoms with Crippen LogP contribution in [-0.2, 0) is 0 Å². The highest BCUT2D eigenvalue weighted by Crippen LogP contribution is 2.52. The second-order valence-electron chi connectivity index (χ2n) is 3.85. The molecule has 1 N–H and O–H groups in total. The Morgan fingerprint density at radius 3 is 3.17 bits per heavy atom. The Morgan fingerprint density at radius 1 is 1.33 bits per heavy atom. The highest BCUT2D eigenvalue weighted by molar-refractivity contribution is 5.40. The van der Waals surface area contributed by atoms with Crippen LogP contribution in [0.1, 0.15) is 35.8 Å². The maximum absolute atomic E-state index is 9.64. The zero-order valence-electron chi connectivity index (χ0n) is 6.77. The number of hydrogen-bond acceptors (Lipinski definition) is 2. The van der Waals surface area contributed by atoms with Crippen molar-refractivity contribution in [2.24, 2.45) is 0 Å². The minimum Gasteiger partial charge on any atom is -0.392 e. The molecular weight excluding hydrogens is 150 g/mol. The van der Waals surface area contributed by atoms with Crippen LogP contribution in [0.4, 0.5) is 0 Å². The smallest absolute Gasteiger partial charge is 0.0615 e. The number of aliphatic hydroxyl groups excluding tert-OH is 1. The van der Waals surface area contributed by atoms with Gasteiger partial charge in [-0.2, -0.15) is 0 Å². The molecule has 2 nitrogen and oxygen atoms in total. The van der Waals surface area contributed by atoms with Crippen molar-refractivity contribution in [3.05, 3.63) is 29.6 Å². The molecule has 3 atom stereocenters. The van der Waals surface area contributed by atoms with Crippen molar-refractivity contribution in [2.75, 3.05) is 0 Å². The van der Waals surface area contributed by atoms with Crippen LogP contribution in [0.3, 0.4) is 0 Å². The molecule has 0 radical (unpaired) electrons. The van der Waals surface area contributed by atoms with Crippen LogP contribution in [0.5, 0.6) is 0 Å². The average molecular weight is 161 g/mol. The van der Waals surface area contributed by atoms with E-state index in [1.165, 1.54) is 11.1 Å². The first-order valence-corrected chi connectivity index (χ1v) is 4.48. The molecule has 1 saturated carbocycles. The van der Waals surface area contributed by atoms with E-state index in [9.17, 15) is 5.11 Å². The van der Waals surface area contributed by atoms with Gasteiger partial charge in [-0.3, -0.25) is 4.98 Å². The van der Waals surface area contributed by atoms with E-state index in [0.29, 0.717) is 11.8 Å². The van der Waals surface area contributed by atoms with E-state index in [2.05, 4.69) is 11.1 Å². The van der Waals surface area contributed by atoms with Crippen molar-refractivity contribution < 1.29 is 5.11 Å². The zero-order chi connectivity index (χ0) is 8.13. The molecule has 0 spiro atoms. The number of rotatable bonds is 0. The minimum absolute atomic E-state index is 0.105. The normalized spacial score (nSPS) is 36.9. The van der Waals surface area contributed by atoms with E-state index in [4.69, 9.17) is 0 Å². The first-order chi connectivity index (χ1) is 5.86. The third-order valence-electron chi connectivity index (χ3n) is 3.26. The molecule has 2 aliphatic rings. The van der Waals surface area contributed by atoms with Crippen molar-refractivity contribution in [3.8, 4) is 0 Å². The first-order valence-electron chi connectivity index (χ1n) is 4.48. The zero-order valence-corrected chi connectivity index (χ0v) is 6.77. The lowest BCUT2D eigenvalue weighted by molar-refractivity contribution is 0.158. The van der Waals surface area contributed by atoms with Crippen LogP contribution in [0.15, 0.2) is 18.5 Å². The van der Waals surface area contributed by atoms with E-state index in [0.717, 1.165) is 12.8 Å². The summed E-state index contributed by atoms with van der Waals surface area (Å²) in [6.45, 7) is 0. The molecule has 0 aromatic carbocycles. The van der Waals surface area contributed by atoms with E-state index in [-0.39, 0.29) is 6.10 Å². The van der Waals surface area contributed by atoms with Crippen LogP contribution in [0, 0.1) is 0 Å². The van der Waals surface area contributed by atoms with Crippen LogP contribution in [0.2, 0.25) is 0 Å². The summed E-state index contributed by atoms with van der Waals surface area (Å²) in [5.41, 5.74) is 2.72. The molecule has 0 amide bonds. The molecular formula is C10H11NO. The summed E-state index contributed by atoms with van der Waals surface area (Å²) in [5.74, 6) is 1.00. The van der Waals surface area contributed by atoms with Gasteiger partial charge in [0.25, 0.3) is 0 Å². The van der Waals surface area contributed by atoms with Gasteiger partial charge >= 0.3 is 0 Å². The van der Waals surface area contributed by atoms with Crippen LogP contribution >= 0.6 is 0 Å². The van der Waals surface area contributed by atoms with Gasteiger partial charge in [0.05, 0.1) is 6.10 Å². The Hall–Kier alpha value is -0.890. The highest BCUT2D eigenvalue weighted by Gasteiger charge is 2.42. The number of hydrogen-bond donors (Lipinski definition) is 1. The number of fused-ring (bicyclic) bond motifs is 5. The second-order valence-corrected chi connectivity index (χ2v) is 3.85. The second kappa shape index (κ2) is 2.07. The van der Waals surface area contributed by atoms with Crippen molar-refractivity contribution in [3.63, 3.8) is 0 Å². The van der Waals surface area contributed by atoms with Crippen molar-refractivity contribution in [1.29, 1.82) is 0 Å². The van der Waals surface area contributed by atoms with Gasteiger partial charge < -0.3 is 5.11 Å². The topological polar surface area (TPSA) is 33.1 Å². The lowest BCUT2D eigenvalue weighted by Gasteiger charge is -2.18. The molecule has 2 aliphatic carbocycles. The molecule has 1 heterocycles. The van der Waals surface area contributed by atoms with Crippen molar-refractivity contribution in [1.82, 2.24) is 4.98 Å². The molecule has 0 saturated heterocycles. The van der Waals surface area contributed by atoms with Gasteiger partial charge in [-0.25, -0.2) is 0 Å². The van der Waals surface area contributed by atoms with Crippen LogP contribution < -0.4 is 0 Å². The predicted octanol–water partition coefficient (Wildman–Crippen LogP) is 1.42. The van der Waals surface area contributed by atoms with Crippen molar-refractivity contribution >= 4 is 0 Å². The molecule has 1 fully saturated rings. The van der Waals surface area contributed by atoms with Crippen LogP contribution in [-0.4, -0.2) is 16.2 Å². The average Bonchev–Trinajstić information content (AvgIpc) is 2.62. The van der Waals surface area contributed by atoms with Gasteiger partial charge in [-0.1, -0.05) is 0 Å². The molecule has 0 unspecified atom stereocenters. The molecule has 1 aromatic heterocycles. The third kappa shape index (κ3) is 0.661. The summed E-state index contributed by atoms with van der Waals surface area (Å²) >= 11 is 0. The fraction of sp³-hybridized carbons (Fsp3) is 0.500. The van der Waals surface area contributed by atoms with Gasteiger partial charge in [-0.05, 0) is 36.0 Å². The molecule has 3 rings (SSSR count). The Morgan fingerprint density at radius 2 is 2.25 bits per heavy atom. The van der Waals surface area contributed by atoms with Gasteiger partial charge in [-0.15, -0.1) is 0 Å². The summed E-state index contributed by atoms with van der Waals surface area (Å²) in [4.78, 5) is 4.10. The highest BCUT2D eigenvalue weighted by atomic mass is 16.3.